The number of carbonyl (C=O) groups is 1. The van der Waals surface area contributed by atoms with Gasteiger partial charge in [0.15, 0.2) is 0 Å². The van der Waals surface area contributed by atoms with Crippen LogP contribution < -0.4 is 14.8 Å². The average Bonchev–Trinajstić information content (AvgIpc) is 3.35. The quantitative estimate of drug-likeness (QED) is 0.654. The lowest BCUT2D eigenvalue weighted by molar-refractivity contribution is -0.161. The van der Waals surface area contributed by atoms with E-state index >= 15 is 0 Å². The highest BCUT2D eigenvalue weighted by Gasteiger charge is 2.60. The van der Waals surface area contributed by atoms with Gasteiger partial charge in [0.1, 0.15) is 11.5 Å². The Morgan fingerprint density at radius 2 is 1.81 bits per heavy atom. The van der Waals surface area contributed by atoms with E-state index in [1.54, 1.807) is 23.2 Å². The second-order valence-corrected chi connectivity index (χ2v) is 7.77. The third-order valence-corrected chi connectivity index (χ3v) is 6.03. The van der Waals surface area contributed by atoms with Crippen LogP contribution in [0.15, 0.2) is 77.9 Å². The molecule has 0 bridgehead atoms. The molecular formula is C24H17F2N3O3. The van der Waals surface area contributed by atoms with E-state index < -0.39 is 12.3 Å². The number of nitrogens with zero attached hydrogens (tertiary/aromatic N) is 2. The maximum Gasteiger partial charge on any atom is 0.387 e. The molecule has 0 radical (unpaired) electrons. The van der Waals surface area contributed by atoms with E-state index in [0.717, 1.165) is 5.56 Å². The minimum Gasteiger partial charge on any atom is -0.453 e. The van der Waals surface area contributed by atoms with Crippen molar-refractivity contribution in [1.29, 1.82) is 0 Å². The van der Waals surface area contributed by atoms with E-state index in [-0.39, 0.29) is 17.7 Å². The lowest BCUT2D eigenvalue weighted by Gasteiger charge is -2.43. The molecule has 1 amide bonds. The van der Waals surface area contributed by atoms with Gasteiger partial charge >= 0.3 is 12.3 Å². The van der Waals surface area contributed by atoms with Crippen molar-refractivity contribution < 1.29 is 23.0 Å². The highest BCUT2D eigenvalue weighted by molar-refractivity contribution is 6.07. The Kier molecular flexibility index (Phi) is 3.98. The molecule has 0 fully saturated rings. The van der Waals surface area contributed by atoms with Gasteiger partial charge in [-0.05, 0) is 24.3 Å². The number of hydrazone groups is 1. The standard InChI is InChI=1S/C24H17F2N3O3/c25-23(26)31-20-11-5-1-7-14(20)18-13-19-15-8-2-6-12-21(15)32-24(29(19)28-18)16-9-3-4-10-17(16)27-22(24)30/h1-12,19,23H,13H2,(H,27,30)/t19-,24+/m0/s1. The molecule has 3 aromatic carbocycles. The van der Waals surface area contributed by atoms with Crippen molar-refractivity contribution in [2.45, 2.75) is 24.8 Å². The molecule has 0 saturated carbocycles. The Labute approximate surface area is 182 Å². The summed E-state index contributed by atoms with van der Waals surface area (Å²) in [5.41, 5.74) is 1.70. The number of para-hydroxylation sites is 3. The van der Waals surface area contributed by atoms with Crippen LogP contribution in [0.4, 0.5) is 14.5 Å². The number of alkyl halides is 2. The first-order valence-corrected chi connectivity index (χ1v) is 10.2. The van der Waals surface area contributed by atoms with Gasteiger partial charge in [-0.3, -0.25) is 4.79 Å². The van der Waals surface area contributed by atoms with E-state index in [0.29, 0.717) is 34.7 Å². The van der Waals surface area contributed by atoms with Gasteiger partial charge in [0.2, 0.25) is 0 Å². The number of nitrogens with one attached hydrogen (secondary N) is 1. The monoisotopic (exact) mass is 433 g/mol. The molecule has 0 aliphatic carbocycles. The molecule has 0 aromatic heterocycles. The first-order valence-electron chi connectivity index (χ1n) is 10.2. The Bertz CT molecular complexity index is 1280. The zero-order valence-electron chi connectivity index (χ0n) is 16.7. The second kappa shape index (κ2) is 6.78. The maximum atomic E-state index is 13.3. The third-order valence-electron chi connectivity index (χ3n) is 6.03. The summed E-state index contributed by atoms with van der Waals surface area (Å²) in [6, 6.07) is 21.1. The summed E-state index contributed by atoms with van der Waals surface area (Å²) in [5, 5.41) is 9.32. The molecule has 160 valence electrons. The van der Waals surface area contributed by atoms with Crippen molar-refractivity contribution in [1.82, 2.24) is 5.01 Å². The summed E-state index contributed by atoms with van der Waals surface area (Å²) in [4.78, 5) is 13.3. The Hall–Kier alpha value is -3.94. The van der Waals surface area contributed by atoms with Gasteiger partial charge in [-0.25, -0.2) is 5.01 Å². The fourth-order valence-corrected chi connectivity index (χ4v) is 4.71. The molecule has 3 aromatic rings. The molecule has 3 aliphatic heterocycles. The Morgan fingerprint density at radius 3 is 2.69 bits per heavy atom. The van der Waals surface area contributed by atoms with Crippen LogP contribution in [-0.2, 0) is 10.5 Å². The van der Waals surface area contributed by atoms with E-state index in [9.17, 15) is 13.6 Å². The fourth-order valence-electron chi connectivity index (χ4n) is 4.71. The van der Waals surface area contributed by atoms with E-state index in [1.165, 1.54) is 6.07 Å². The van der Waals surface area contributed by atoms with E-state index in [4.69, 9.17) is 14.6 Å². The molecule has 6 nitrogen and oxygen atoms in total. The molecule has 1 spiro atoms. The van der Waals surface area contributed by atoms with Crippen molar-refractivity contribution in [2.24, 2.45) is 5.10 Å². The summed E-state index contributed by atoms with van der Waals surface area (Å²) in [6.07, 6.45) is 0.404. The molecule has 8 heteroatoms. The molecule has 32 heavy (non-hydrogen) atoms. The number of rotatable bonds is 3. The topological polar surface area (TPSA) is 63.2 Å². The summed E-state index contributed by atoms with van der Waals surface area (Å²) < 4.78 is 37.1. The molecule has 1 N–H and O–H groups in total. The third kappa shape index (κ3) is 2.55. The van der Waals surface area contributed by atoms with Crippen LogP contribution in [0.2, 0.25) is 0 Å². The van der Waals surface area contributed by atoms with Crippen molar-refractivity contribution in [3.63, 3.8) is 0 Å². The number of ether oxygens (including phenoxy) is 2. The van der Waals surface area contributed by atoms with E-state index in [1.807, 2.05) is 48.5 Å². The predicted molar refractivity (Wildman–Crippen MR) is 113 cm³/mol. The lowest BCUT2D eigenvalue weighted by atomic mass is 9.92. The Balaban J connectivity index is 1.54. The summed E-state index contributed by atoms with van der Waals surface area (Å²) in [6.45, 7) is -2.95. The maximum absolute atomic E-state index is 13.3. The van der Waals surface area contributed by atoms with Crippen LogP contribution in [0, 0.1) is 0 Å². The van der Waals surface area contributed by atoms with Crippen molar-refractivity contribution in [2.75, 3.05) is 5.32 Å². The molecule has 2 atom stereocenters. The number of amides is 1. The smallest absolute Gasteiger partial charge is 0.387 e. The Morgan fingerprint density at radius 1 is 1.06 bits per heavy atom. The lowest BCUT2D eigenvalue weighted by Crippen LogP contribution is -2.55. The number of fused-ring (bicyclic) bond motifs is 6. The first-order chi connectivity index (χ1) is 15.6. The van der Waals surface area contributed by atoms with Gasteiger partial charge in [-0.15, -0.1) is 0 Å². The normalized spacial score (nSPS) is 22.7. The molecule has 6 rings (SSSR count). The highest BCUT2D eigenvalue weighted by atomic mass is 19.3. The predicted octanol–water partition coefficient (Wildman–Crippen LogP) is 4.64. The van der Waals surface area contributed by atoms with Crippen LogP contribution in [0.1, 0.15) is 29.2 Å². The van der Waals surface area contributed by atoms with Crippen LogP contribution in [-0.4, -0.2) is 23.2 Å². The molecule has 0 saturated heterocycles. The fraction of sp³-hybridized carbons (Fsp3) is 0.167. The number of benzene rings is 3. The van der Waals surface area contributed by atoms with Crippen LogP contribution in [0.3, 0.4) is 0 Å². The molecule has 0 unspecified atom stereocenters. The van der Waals surface area contributed by atoms with Crippen LogP contribution in [0.25, 0.3) is 0 Å². The summed E-state index contributed by atoms with van der Waals surface area (Å²) in [7, 11) is 0. The van der Waals surface area contributed by atoms with Gasteiger partial charge in [0.25, 0.3) is 5.91 Å². The largest absolute Gasteiger partial charge is 0.453 e. The van der Waals surface area contributed by atoms with Gasteiger partial charge in [0, 0.05) is 17.5 Å². The minimum atomic E-state index is -2.95. The number of carbonyl (C=O) groups excluding carboxylic acids is 1. The van der Waals surface area contributed by atoms with Gasteiger partial charge in [0.05, 0.1) is 23.0 Å². The molecule has 3 aliphatic rings. The number of halogens is 2. The minimum absolute atomic E-state index is 0.0422. The second-order valence-electron chi connectivity index (χ2n) is 7.77. The van der Waals surface area contributed by atoms with Gasteiger partial charge in [-0.2, -0.15) is 13.9 Å². The van der Waals surface area contributed by atoms with E-state index in [2.05, 4.69) is 5.32 Å². The van der Waals surface area contributed by atoms with Crippen molar-refractivity contribution in [3.8, 4) is 11.5 Å². The van der Waals surface area contributed by atoms with Crippen molar-refractivity contribution >= 4 is 17.3 Å². The number of hydrogen-bond donors (Lipinski definition) is 1. The molecule has 3 heterocycles. The number of hydrogen-bond acceptors (Lipinski definition) is 5. The average molecular weight is 433 g/mol. The molecular weight excluding hydrogens is 416 g/mol. The van der Waals surface area contributed by atoms with Gasteiger partial charge < -0.3 is 14.8 Å². The summed E-state index contributed by atoms with van der Waals surface area (Å²) in [5.74, 6) is 0.287. The first kappa shape index (κ1) is 18.8. The van der Waals surface area contributed by atoms with Crippen LogP contribution in [0.5, 0.6) is 11.5 Å². The number of anilines is 1. The van der Waals surface area contributed by atoms with Crippen LogP contribution >= 0.6 is 0 Å². The summed E-state index contributed by atoms with van der Waals surface area (Å²) >= 11 is 0. The van der Waals surface area contributed by atoms with Crippen molar-refractivity contribution in [3.05, 3.63) is 89.5 Å². The SMILES string of the molecule is O=C1Nc2ccccc2[C@@]12Oc1ccccc1[C@@H]1CC(c3ccccc3OC(F)F)=NN12. The zero-order valence-corrected chi connectivity index (χ0v) is 16.7. The highest BCUT2D eigenvalue weighted by Crippen LogP contribution is 2.54. The zero-order chi connectivity index (χ0) is 21.9. The van der Waals surface area contributed by atoms with Gasteiger partial charge in [-0.1, -0.05) is 48.5 Å².